The van der Waals surface area contributed by atoms with Crippen LogP contribution in [-0.4, -0.2) is 40.0 Å². The highest BCUT2D eigenvalue weighted by molar-refractivity contribution is 9.10. The summed E-state index contributed by atoms with van der Waals surface area (Å²) in [6.45, 7) is 2.33. The molecule has 2 heterocycles. The zero-order chi connectivity index (χ0) is 16.2. The number of hydrogen-bond acceptors (Lipinski definition) is 3. The van der Waals surface area contributed by atoms with Crippen molar-refractivity contribution in [1.82, 2.24) is 19.8 Å². The number of nitrogens with zero attached hydrogens (tertiary/aromatic N) is 3. The van der Waals surface area contributed by atoms with E-state index < -0.39 is 0 Å². The van der Waals surface area contributed by atoms with Gasteiger partial charge in [0, 0.05) is 50.0 Å². The molecule has 0 radical (unpaired) electrons. The van der Waals surface area contributed by atoms with E-state index in [2.05, 4.69) is 38.4 Å². The summed E-state index contributed by atoms with van der Waals surface area (Å²) in [5.41, 5.74) is 1.18. The minimum Gasteiger partial charge on any atom is -0.336 e. The van der Waals surface area contributed by atoms with Crippen molar-refractivity contribution >= 4 is 34.2 Å². The summed E-state index contributed by atoms with van der Waals surface area (Å²) >= 11 is 3.47. The number of nitrogens with one attached hydrogen (secondary N) is 1. The molecule has 0 bridgehead atoms. The second-order valence-electron chi connectivity index (χ2n) is 5.83. The van der Waals surface area contributed by atoms with E-state index in [4.69, 9.17) is 0 Å². The van der Waals surface area contributed by atoms with Crippen LogP contribution in [0.4, 0.5) is 0 Å². The molecule has 1 unspecified atom stereocenters. The van der Waals surface area contributed by atoms with Gasteiger partial charge in [-0.25, -0.2) is 4.98 Å². The fourth-order valence-electron chi connectivity index (χ4n) is 3.02. The maximum atomic E-state index is 12.7. The SMILES string of the molecule is Cl.Cn1ccnc1C1CNCCN1C(=O)CCc1cccc(Br)c1. The van der Waals surface area contributed by atoms with Crippen LogP contribution in [0.25, 0.3) is 0 Å². The first kappa shape index (κ1) is 19.0. The molecule has 1 aromatic carbocycles. The molecule has 0 saturated carbocycles. The van der Waals surface area contributed by atoms with Crippen LogP contribution in [0.5, 0.6) is 0 Å². The molecule has 1 atom stereocenters. The van der Waals surface area contributed by atoms with Crippen LogP contribution in [0.1, 0.15) is 23.9 Å². The lowest BCUT2D eigenvalue weighted by Gasteiger charge is -2.35. The average molecular weight is 414 g/mol. The lowest BCUT2D eigenvalue weighted by Crippen LogP contribution is -2.49. The summed E-state index contributed by atoms with van der Waals surface area (Å²) in [4.78, 5) is 19.1. The highest BCUT2D eigenvalue weighted by atomic mass is 79.9. The number of benzene rings is 1. The largest absolute Gasteiger partial charge is 0.336 e. The molecule has 2 aromatic rings. The van der Waals surface area contributed by atoms with E-state index in [1.807, 2.05) is 34.8 Å². The molecular weight excluding hydrogens is 392 g/mol. The molecule has 0 aliphatic carbocycles. The van der Waals surface area contributed by atoms with Crippen LogP contribution >= 0.6 is 28.3 Å². The number of hydrogen-bond donors (Lipinski definition) is 1. The van der Waals surface area contributed by atoms with E-state index in [1.165, 1.54) is 5.56 Å². The van der Waals surface area contributed by atoms with E-state index >= 15 is 0 Å². The zero-order valence-electron chi connectivity index (χ0n) is 13.6. The Labute approximate surface area is 157 Å². The topological polar surface area (TPSA) is 50.2 Å². The maximum absolute atomic E-state index is 12.7. The van der Waals surface area contributed by atoms with E-state index in [1.54, 1.807) is 6.20 Å². The summed E-state index contributed by atoms with van der Waals surface area (Å²) < 4.78 is 3.04. The lowest BCUT2D eigenvalue weighted by molar-refractivity contribution is -0.134. The number of amides is 1. The van der Waals surface area contributed by atoms with E-state index in [-0.39, 0.29) is 24.4 Å². The average Bonchev–Trinajstić information content (AvgIpc) is 2.98. The first-order chi connectivity index (χ1) is 11.1. The molecule has 3 rings (SSSR count). The van der Waals surface area contributed by atoms with Crippen molar-refractivity contribution in [2.24, 2.45) is 7.05 Å². The standard InChI is InChI=1S/C17H21BrN4O.ClH/c1-21-9-8-20-17(21)15-12-19-7-10-22(15)16(23)6-5-13-3-2-4-14(18)11-13;/h2-4,8-9,11,15,19H,5-7,10,12H2,1H3;1H. The Bertz CT molecular complexity index is 691. The van der Waals surface area contributed by atoms with Crippen molar-refractivity contribution in [3.05, 3.63) is 52.5 Å². The summed E-state index contributed by atoms with van der Waals surface area (Å²) in [5.74, 6) is 1.13. The second kappa shape index (κ2) is 8.65. The predicted molar refractivity (Wildman–Crippen MR) is 100 cm³/mol. The number of rotatable bonds is 4. The van der Waals surface area contributed by atoms with Gasteiger partial charge in [-0.3, -0.25) is 4.79 Å². The lowest BCUT2D eigenvalue weighted by atomic mass is 10.1. The van der Waals surface area contributed by atoms with Gasteiger partial charge >= 0.3 is 0 Å². The monoisotopic (exact) mass is 412 g/mol. The number of carbonyl (C=O) groups is 1. The van der Waals surface area contributed by atoms with Gasteiger partial charge in [-0.1, -0.05) is 28.1 Å². The normalized spacial score (nSPS) is 17.4. The molecule has 1 aliphatic heterocycles. The van der Waals surface area contributed by atoms with E-state index in [0.29, 0.717) is 6.42 Å². The van der Waals surface area contributed by atoms with Crippen molar-refractivity contribution in [3.63, 3.8) is 0 Å². The van der Waals surface area contributed by atoms with Crippen LogP contribution in [0.3, 0.4) is 0 Å². The fraction of sp³-hybridized carbons (Fsp3) is 0.412. The van der Waals surface area contributed by atoms with Crippen molar-refractivity contribution in [3.8, 4) is 0 Å². The Morgan fingerprint density at radius 3 is 3.00 bits per heavy atom. The van der Waals surface area contributed by atoms with Gasteiger partial charge in [-0.15, -0.1) is 12.4 Å². The van der Waals surface area contributed by atoms with Gasteiger partial charge in [0.1, 0.15) is 11.9 Å². The van der Waals surface area contributed by atoms with Crippen LogP contribution in [0, 0.1) is 0 Å². The van der Waals surface area contributed by atoms with Crippen molar-refractivity contribution in [1.29, 1.82) is 0 Å². The molecule has 7 heteroatoms. The highest BCUT2D eigenvalue weighted by Crippen LogP contribution is 2.22. The van der Waals surface area contributed by atoms with Gasteiger partial charge in [-0.05, 0) is 24.1 Å². The van der Waals surface area contributed by atoms with Gasteiger partial charge in [0.05, 0.1) is 0 Å². The molecule has 1 saturated heterocycles. The molecule has 1 aliphatic rings. The summed E-state index contributed by atoms with van der Waals surface area (Å²) in [6, 6.07) is 8.15. The molecule has 5 nitrogen and oxygen atoms in total. The Kier molecular flexibility index (Phi) is 6.83. The number of aryl methyl sites for hydroxylation is 2. The van der Waals surface area contributed by atoms with Crippen LogP contribution in [-0.2, 0) is 18.3 Å². The summed E-state index contributed by atoms with van der Waals surface area (Å²) in [5, 5.41) is 3.36. The van der Waals surface area contributed by atoms with Crippen LogP contribution < -0.4 is 5.32 Å². The minimum atomic E-state index is 0. The molecule has 130 valence electrons. The molecule has 1 aromatic heterocycles. The van der Waals surface area contributed by atoms with Gasteiger partial charge in [0.15, 0.2) is 0 Å². The summed E-state index contributed by atoms with van der Waals surface area (Å²) in [6.07, 6.45) is 5.00. The maximum Gasteiger partial charge on any atom is 0.223 e. The first-order valence-corrected chi connectivity index (χ1v) is 8.66. The third-order valence-electron chi connectivity index (χ3n) is 4.24. The quantitative estimate of drug-likeness (QED) is 0.838. The van der Waals surface area contributed by atoms with Gasteiger partial charge in [-0.2, -0.15) is 0 Å². The van der Waals surface area contributed by atoms with E-state index in [0.717, 1.165) is 36.4 Å². The Balaban J connectivity index is 0.00000208. The Morgan fingerprint density at radius 2 is 2.29 bits per heavy atom. The smallest absolute Gasteiger partial charge is 0.223 e. The van der Waals surface area contributed by atoms with Crippen molar-refractivity contribution < 1.29 is 4.79 Å². The van der Waals surface area contributed by atoms with Crippen LogP contribution in [0.2, 0.25) is 0 Å². The highest BCUT2D eigenvalue weighted by Gasteiger charge is 2.29. The first-order valence-electron chi connectivity index (χ1n) is 7.87. The molecule has 1 amide bonds. The third-order valence-corrected chi connectivity index (χ3v) is 4.73. The molecule has 0 spiro atoms. The van der Waals surface area contributed by atoms with Crippen molar-refractivity contribution in [2.45, 2.75) is 18.9 Å². The zero-order valence-corrected chi connectivity index (χ0v) is 16.0. The number of halogens is 2. The second-order valence-corrected chi connectivity index (χ2v) is 6.75. The molecular formula is C17H22BrClN4O. The van der Waals surface area contributed by atoms with Gasteiger partial charge < -0.3 is 14.8 Å². The molecule has 1 fully saturated rings. The van der Waals surface area contributed by atoms with Crippen LogP contribution in [0.15, 0.2) is 41.1 Å². The number of aromatic nitrogens is 2. The number of piperazine rings is 1. The number of imidazole rings is 1. The minimum absolute atomic E-state index is 0. The summed E-state index contributed by atoms with van der Waals surface area (Å²) in [7, 11) is 1.97. The number of carbonyl (C=O) groups excluding carboxylic acids is 1. The van der Waals surface area contributed by atoms with Gasteiger partial charge in [0.25, 0.3) is 0 Å². The predicted octanol–water partition coefficient (Wildman–Crippen LogP) is 2.71. The molecule has 24 heavy (non-hydrogen) atoms. The van der Waals surface area contributed by atoms with E-state index in [9.17, 15) is 4.79 Å². The van der Waals surface area contributed by atoms with Gasteiger partial charge in [0.2, 0.25) is 5.91 Å². The molecule has 1 N–H and O–H groups in total. The third kappa shape index (κ3) is 4.37. The Hall–Kier alpha value is -1.37. The Morgan fingerprint density at radius 1 is 1.46 bits per heavy atom. The fourth-order valence-corrected chi connectivity index (χ4v) is 3.47. The van der Waals surface area contributed by atoms with Crippen molar-refractivity contribution in [2.75, 3.05) is 19.6 Å².